The van der Waals surface area contributed by atoms with E-state index < -0.39 is 0 Å². The molecule has 1 aromatic rings. The average Bonchev–Trinajstić information content (AvgIpc) is 3.02. The van der Waals surface area contributed by atoms with Crippen LogP contribution in [0.5, 0.6) is 0 Å². The molecule has 24 heavy (non-hydrogen) atoms. The molecule has 0 atom stereocenters. The highest BCUT2D eigenvalue weighted by Gasteiger charge is 2.22. The van der Waals surface area contributed by atoms with Gasteiger partial charge >= 0.3 is 6.09 Å². The van der Waals surface area contributed by atoms with Gasteiger partial charge < -0.3 is 14.5 Å². The first-order chi connectivity index (χ1) is 11.3. The molecular weight excluding hydrogens is 328 g/mol. The number of halogens is 1. The Hall–Kier alpha value is -1.30. The molecule has 134 valence electrons. The predicted octanol–water partition coefficient (Wildman–Crippen LogP) is 4.10. The molecule has 0 unspecified atom stereocenters. The van der Waals surface area contributed by atoms with Gasteiger partial charge in [-0.3, -0.25) is 0 Å². The molecule has 1 aliphatic heterocycles. The van der Waals surface area contributed by atoms with E-state index in [1.165, 1.54) is 0 Å². The molecule has 1 saturated heterocycles. The number of hydrogen-bond donors (Lipinski definition) is 0. The molecule has 1 amide bonds. The van der Waals surface area contributed by atoms with Gasteiger partial charge in [0.25, 0.3) is 0 Å². The van der Waals surface area contributed by atoms with Crippen molar-refractivity contribution >= 4 is 17.7 Å². The van der Waals surface area contributed by atoms with Gasteiger partial charge in [-0.25, -0.2) is 4.79 Å². The number of rotatable bonds is 6. The summed E-state index contributed by atoms with van der Waals surface area (Å²) in [5, 5.41) is 2.35. The molecule has 1 aromatic carbocycles. The summed E-state index contributed by atoms with van der Waals surface area (Å²) >= 11 is 5.93. The Labute approximate surface area is 149 Å². The molecule has 1 aliphatic rings. The first-order valence-corrected chi connectivity index (χ1v) is 8.81. The Morgan fingerprint density at radius 2 is 1.83 bits per heavy atom. The van der Waals surface area contributed by atoms with E-state index in [2.05, 4.69) is 0 Å². The highest BCUT2D eigenvalue weighted by atomic mass is 35.5. The Balaban J connectivity index is 1.94. The highest BCUT2D eigenvalue weighted by Crippen LogP contribution is 2.15. The van der Waals surface area contributed by atoms with Gasteiger partial charge in [0.15, 0.2) is 0 Å². The average molecular weight is 355 g/mol. The first-order valence-electron chi connectivity index (χ1n) is 8.44. The van der Waals surface area contributed by atoms with Crippen LogP contribution in [0.15, 0.2) is 24.3 Å². The molecule has 0 spiro atoms. The smallest absolute Gasteiger partial charge is 0.374 e. The van der Waals surface area contributed by atoms with Gasteiger partial charge in [0.05, 0.1) is 25.3 Å². The highest BCUT2D eigenvalue weighted by molar-refractivity contribution is 6.30. The fraction of sp³-hybridized carbons (Fsp3) is 0.611. The number of likely N-dealkylation sites (tertiary alicyclic amines) is 1. The lowest BCUT2D eigenvalue weighted by molar-refractivity contribution is -0.137. The fourth-order valence-electron chi connectivity index (χ4n) is 2.47. The van der Waals surface area contributed by atoms with Crippen molar-refractivity contribution in [3.05, 3.63) is 34.9 Å². The van der Waals surface area contributed by atoms with Crippen molar-refractivity contribution in [3.63, 3.8) is 0 Å². The lowest BCUT2D eigenvalue weighted by Gasteiger charge is -2.26. The molecule has 0 saturated carbocycles. The van der Waals surface area contributed by atoms with Crippen molar-refractivity contribution in [2.75, 3.05) is 26.2 Å². The molecule has 0 aromatic heterocycles. The van der Waals surface area contributed by atoms with E-state index in [1.54, 1.807) is 9.96 Å². The van der Waals surface area contributed by atoms with Crippen LogP contribution in [0, 0.1) is 0 Å². The maximum absolute atomic E-state index is 12.3. The van der Waals surface area contributed by atoms with E-state index in [9.17, 15) is 4.79 Å². The van der Waals surface area contributed by atoms with Crippen molar-refractivity contribution in [1.29, 1.82) is 0 Å². The molecule has 1 heterocycles. The number of benzene rings is 1. The maximum Gasteiger partial charge on any atom is 0.428 e. The zero-order valence-electron chi connectivity index (χ0n) is 14.8. The number of nitrogens with zero attached hydrogens (tertiary/aromatic N) is 2. The molecule has 1 fully saturated rings. The summed E-state index contributed by atoms with van der Waals surface area (Å²) in [6, 6.07) is 7.54. The number of amides is 1. The van der Waals surface area contributed by atoms with Crippen LogP contribution in [0.1, 0.15) is 39.2 Å². The second kappa shape index (κ2) is 8.70. The van der Waals surface area contributed by atoms with Gasteiger partial charge in [0.2, 0.25) is 0 Å². The third kappa shape index (κ3) is 6.67. The Morgan fingerprint density at radius 1 is 1.21 bits per heavy atom. The van der Waals surface area contributed by atoms with Crippen LogP contribution in [0.25, 0.3) is 0 Å². The van der Waals surface area contributed by atoms with Crippen LogP contribution < -0.4 is 0 Å². The molecule has 0 aliphatic carbocycles. The predicted molar refractivity (Wildman–Crippen MR) is 94.9 cm³/mol. The van der Waals surface area contributed by atoms with Gasteiger partial charge in [-0.15, -0.1) is 5.06 Å². The van der Waals surface area contributed by atoms with E-state index in [0.717, 1.165) is 31.5 Å². The molecule has 5 nitrogen and oxygen atoms in total. The second-order valence-corrected chi connectivity index (χ2v) is 7.44. The normalized spacial score (nSPS) is 15.1. The first kappa shape index (κ1) is 19.0. The zero-order chi connectivity index (χ0) is 17.6. The van der Waals surface area contributed by atoms with Gasteiger partial charge in [0, 0.05) is 18.1 Å². The molecule has 0 bridgehead atoms. The summed E-state index contributed by atoms with van der Waals surface area (Å²) < 4.78 is 5.76. The molecule has 0 N–H and O–H groups in total. The topological polar surface area (TPSA) is 42.0 Å². The van der Waals surface area contributed by atoms with Crippen molar-refractivity contribution < 1.29 is 14.4 Å². The van der Waals surface area contributed by atoms with E-state index in [-0.39, 0.29) is 11.7 Å². The maximum atomic E-state index is 12.3. The quantitative estimate of drug-likeness (QED) is 0.721. The fourth-order valence-corrected chi connectivity index (χ4v) is 2.60. The van der Waals surface area contributed by atoms with Gasteiger partial charge in [-0.1, -0.05) is 23.7 Å². The van der Waals surface area contributed by atoms with E-state index in [1.807, 2.05) is 45.0 Å². The summed E-state index contributed by atoms with van der Waals surface area (Å²) in [6.07, 6.45) is 1.80. The van der Waals surface area contributed by atoms with Crippen LogP contribution in [-0.2, 0) is 16.1 Å². The van der Waals surface area contributed by atoms with Crippen LogP contribution in [0.2, 0.25) is 5.02 Å². The standard InChI is InChI=1S/C18H27ClN2O3/c1-18(2,3)23-13-12-21(14-15-6-8-16(19)9-7-15)24-17(22)20-10-4-5-11-20/h6-9H,4-5,10-14H2,1-3H3. The summed E-state index contributed by atoms with van der Waals surface area (Å²) in [5.74, 6) is 0. The molecule has 2 rings (SSSR count). The molecular formula is C18H27ClN2O3. The van der Waals surface area contributed by atoms with E-state index in [0.29, 0.717) is 24.7 Å². The molecule has 6 heteroatoms. The monoisotopic (exact) mass is 354 g/mol. The van der Waals surface area contributed by atoms with Crippen molar-refractivity contribution in [2.24, 2.45) is 0 Å². The van der Waals surface area contributed by atoms with Crippen molar-refractivity contribution in [2.45, 2.75) is 45.8 Å². The van der Waals surface area contributed by atoms with Crippen LogP contribution >= 0.6 is 11.6 Å². The number of carbonyl (C=O) groups is 1. The van der Waals surface area contributed by atoms with Crippen LogP contribution in [0.3, 0.4) is 0 Å². The van der Waals surface area contributed by atoms with Gasteiger partial charge in [0.1, 0.15) is 0 Å². The van der Waals surface area contributed by atoms with Crippen molar-refractivity contribution in [1.82, 2.24) is 9.96 Å². The Morgan fingerprint density at radius 3 is 2.42 bits per heavy atom. The SMILES string of the molecule is CC(C)(C)OCCN(Cc1ccc(Cl)cc1)OC(=O)N1CCCC1. The zero-order valence-corrected chi connectivity index (χ0v) is 15.5. The number of carbonyl (C=O) groups excluding carboxylic acids is 1. The Bertz CT molecular complexity index is 522. The summed E-state index contributed by atoms with van der Waals surface area (Å²) in [7, 11) is 0. The minimum Gasteiger partial charge on any atom is -0.374 e. The van der Waals surface area contributed by atoms with E-state index in [4.69, 9.17) is 21.2 Å². The lowest BCUT2D eigenvalue weighted by atomic mass is 10.2. The molecule has 0 radical (unpaired) electrons. The van der Waals surface area contributed by atoms with Crippen LogP contribution in [-0.4, -0.2) is 47.9 Å². The summed E-state index contributed by atoms with van der Waals surface area (Å²) in [4.78, 5) is 19.6. The minimum absolute atomic E-state index is 0.217. The number of hydrogen-bond acceptors (Lipinski definition) is 4. The Kier molecular flexibility index (Phi) is 6.90. The van der Waals surface area contributed by atoms with Gasteiger partial charge in [-0.2, -0.15) is 0 Å². The lowest BCUT2D eigenvalue weighted by Crippen LogP contribution is -2.38. The summed E-state index contributed by atoms with van der Waals surface area (Å²) in [5.41, 5.74) is 0.814. The minimum atomic E-state index is -0.280. The third-order valence-electron chi connectivity index (χ3n) is 3.72. The largest absolute Gasteiger partial charge is 0.428 e. The second-order valence-electron chi connectivity index (χ2n) is 7.00. The van der Waals surface area contributed by atoms with Crippen LogP contribution in [0.4, 0.5) is 4.79 Å². The number of hydroxylamine groups is 2. The summed E-state index contributed by atoms with van der Waals surface area (Å²) in [6.45, 7) is 9.07. The van der Waals surface area contributed by atoms with Gasteiger partial charge in [-0.05, 0) is 51.3 Å². The van der Waals surface area contributed by atoms with E-state index >= 15 is 0 Å². The third-order valence-corrected chi connectivity index (χ3v) is 3.97. The van der Waals surface area contributed by atoms with Crippen molar-refractivity contribution in [3.8, 4) is 0 Å². The number of ether oxygens (including phenoxy) is 1.